The highest BCUT2D eigenvalue weighted by atomic mass is 32.2. The van der Waals surface area contributed by atoms with Crippen molar-refractivity contribution in [2.75, 3.05) is 13.3 Å². The molecule has 0 amide bonds. The van der Waals surface area contributed by atoms with Crippen molar-refractivity contribution in [3.8, 4) is 0 Å². The lowest BCUT2D eigenvalue weighted by atomic mass is 10.0. The van der Waals surface area contributed by atoms with Crippen LogP contribution >= 0.6 is 23.1 Å². The second kappa shape index (κ2) is 4.44. The summed E-state index contributed by atoms with van der Waals surface area (Å²) in [5.74, 6) is 1.02. The summed E-state index contributed by atoms with van der Waals surface area (Å²) >= 11 is 3.56. The fourth-order valence-electron chi connectivity index (χ4n) is 0.916. The summed E-state index contributed by atoms with van der Waals surface area (Å²) in [5, 5.41) is 6.61. The fraction of sp³-hybridized carbons (Fsp3) is 0.667. The number of thioether (sulfide) groups is 1. The Balaban J connectivity index is 2.79. The third-order valence-electron chi connectivity index (χ3n) is 2.08. The molecule has 0 aliphatic carbocycles. The number of hydrogen-bond donors (Lipinski definition) is 1. The zero-order valence-electron chi connectivity index (χ0n) is 8.55. The molecular weight excluding hydrogens is 200 g/mol. The Bertz CT molecular complexity index is 268. The fourth-order valence-corrected chi connectivity index (χ4v) is 2.60. The molecule has 0 saturated carbocycles. The minimum absolute atomic E-state index is 0.00679. The molecule has 4 heteroatoms. The summed E-state index contributed by atoms with van der Waals surface area (Å²) in [5.41, 5.74) is 1.14. The Morgan fingerprint density at radius 3 is 2.85 bits per heavy atom. The molecule has 1 aromatic heterocycles. The molecule has 0 unspecified atom stereocenters. The monoisotopic (exact) mass is 216 g/mol. The highest BCUT2D eigenvalue weighted by molar-refractivity contribution is 7.97. The van der Waals surface area contributed by atoms with Crippen molar-refractivity contribution in [3.63, 3.8) is 0 Å². The van der Waals surface area contributed by atoms with Crippen molar-refractivity contribution in [3.05, 3.63) is 16.1 Å². The zero-order valence-corrected chi connectivity index (χ0v) is 10.2. The van der Waals surface area contributed by atoms with Crippen molar-refractivity contribution in [1.29, 1.82) is 0 Å². The van der Waals surface area contributed by atoms with Gasteiger partial charge in [-0.05, 0) is 27.2 Å². The molecule has 0 aliphatic rings. The van der Waals surface area contributed by atoms with E-state index in [4.69, 9.17) is 0 Å². The average Bonchev–Trinajstić information content (AvgIpc) is 2.54. The van der Waals surface area contributed by atoms with Gasteiger partial charge in [-0.1, -0.05) is 0 Å². The molecule has 0 bridgehead atoms. The van der Waals surface area contributed by atoms with E-state index >= 15 is 0 Å². The molecule has 1 rings (SSSR count). The summed E-state index contributed by atoms with van der Waals surface area (Å²) in [6, 6.07) is 0. The minimum Gasteiger partial charge on any atom is -0.310 e. The largest absolute Gasteiger partial charge is 0.310 e. The normalized spacial score (nSPS) is 12.0. The molecule has 2 nitrogen and oxygen atoms in total. The summed E-state index contributed by atoms with van der Waals surface area (Å²) in [7, 11) is 1.97. The van der Waals surface area contributed by atoms with Gasteiger partial charge in [-0.2, -0.15) is 11.8 Å². The molecule has 0 radical (unpaired) electrons. The molecule has 0 aromatic carbocycles. The van der Waals surface area contributed by atoms with Crippen LogP contribution < -0.4 is 5.32 Å². The maximum atomic E-state index is 4.58. The molecule has 0 spiro atoms. The van der Waals surface area contributed by atoms with Crippen molar-refractivity contribution in [2.24, 2.45) is 0 Å². The maximum Gasteiger partial charge on any atom is 0.103 e. The number of rotatable bonds is 4. The third kappa shape index (κ3) is 2.69. The van der Waals surface area contributed by atoms with Gasteiger partial charge in [0, 0.05) is 11.1 Å². The van der Waals surface area contributed by atoms with Crippen LogP contribution in [0.15, 0.2) is 5.38 Å². The number of nitrogens with one attached hydrogen (secondary N) is 1. The topological polar surface area (TPSA) is 24.9 Å². The summed E-state index contributed by atoms with van der Waals surface area (Å²) < 4.78 is 0. The molecule has 1 N–H and O–H groups in total. The third-order valence-corrected chi connectivity index (χ3v) is 3.68. The van der Waals surface area contributed by atoms with Crippen LogP contribution in [0.4, 0.5) is 0 Å². The lowest BCUT2D eigenvalue weighted by Crippen LogP contribution is -2.33. The highest BCUT2D eigenvalue weighted by Crippen LogP contribution is 2.23. The first kappa shape index (κ1) is 11.0. The van der Waals surface area contributed by atoms with Gasteiger partial charge in [0.25, 0.3) is 0 Å². The van der Waals surface area contributed by atoms with Crippen molar-refractivity contribution in [2.45, 2.75) is 25.1 Å². The van der Waals surface area contributed by atoms with E-state index in [-0.39, 0.29) is 5.54 Å². The Kier molecular flexibility index (Phi) is 3.76. The number of aromatic nitrogens is 1. The Morgan fingerprint density at radius 1 is 1.62 bits per heavy atom. The first-order valence-corrected chi connectivity index (χ1v) is 6.50. The lowest BCUT2D eigenvalue weighted by molar-refractivity contribution is 0.433. The van der Waals surface area contributed by atoms with Crippen LogP contribution in [0.25, 0.3) is 0 Å². The SMILES string of the molecule is CNC(C)(C)c1csc(CSC)n1. The number of hydrogen-bond acceptors (Lipinski definition) is 4. The summed E-state index contributed by atoms with van der Waals surface area (Å²) in [4.78, 5) is 4.58. The van der Waals surface area contributed by atoms with E-state index in [1.54, 1.807) is 11.3 Å². The number of nitrogens with zero attached hydrogens (tertiary/aromatic N) is 1. The lowest BCUT2D eigenvalue weighted by Gasteiger charge is -2.21. The van der Waals surface area contributed by atoms with Crippen LogP contribution in [0, 0.1) is 0 Å². The van der Waals surface area contributed by atoms with Crippen LogP contribution in [-0.4, -0.2) is 18.3 Å². The molecule has 0 saturated heterocycles. The first-order valence-electron chi connectivity index (χ1n) is 4.23. The van der Waals surface area contributed by atoms with E-state index in [9.17, 15) is 0 Å². The Morgan fingerprint density at radius 2 is 2.31 bits per heavy atom. The predicted octanol–water partition coefficient (Wildman–Crippen LogP) is 2.46. The van der Waals surface area contributed by atoms with Crippen LogP contribution in [0.3, 0.4) is 0 Å². The van der Waals surface area contributed by atoms with Gasteiger partial charge in [0.15, 0.2) is 0 Å². The van der Waals surface area contributed by atoms with Crippen LogP contribution in [0.5, 0.6) is 0 Å². The molecule has 13 heavy (non-hydrogen) atoms. The van der Waals surface area contributed by atoms with Gasteiger partial charge >= 0.3 is 0 Å². The Hall–Kier alpha value is -0.0600. The standard InChI is InChI=1S/C9H16N2S2/c1-9(2,10-3)7-5-13-8(11-7)6-12-4/h5,10H,6H2,1-4H3. The van der Waals surface area contributed by atoms with Crippen molar-refractivity contribution >= 4 is 23.1 Å². The van der Waals surface area contributed by atoms with Gasteiger partial charge in [0.2, 0.25) is 0 Å². The van der Waals surface area contributed by atoms with Crippen LogP contribution in [-0.2, 0) is 11.3 Å². The van der Waals surface area contributed by atoms with Gasteiger partial charge < -0.3 is 5.32 Å². The van der Waals surface area contributed by atoms with Crippen LogP contribution in [0.2, 0.25) is 0 Å². The van der Waals surface area contributed by atoms with E-state index in [1.165, 1.54) is 5.01 Å². The molecule has 1 aromatic rings. The maximum absolute atomic E-state index is 4.58. The van der Waals surface area contributed by atoms with E-state index < -0.39 is 0 Å². The molecular formula is C9H16N2S2. The van der Waals surface area contributed by atoms with Gasteiger partial charge in [0.05, 0.1) is 11.2 Å². The van der Waals surface area contributed by atoms with Gasteiger partial charge in [0.1, 0.15) is 5.01 Å². The molecule has 74 valence electrons. The van der Waals surface area contributed by atoms with E-state index in [0.717, 1.165) is 11.4 Å². The molecule has 0 aliphatic heterocycles. The second-order valence-corrected chi connectivity index (χ2v) is 5.24. The quantitative estimate of drug-likeness (QED) is 0.837. The van der Waals surface area contributed by atoms with E-state index in [0.29, 0.717) is 0 Å². The summed E-state index contributed by atoms with van der Waals surface area (Å²) in [6.45, 7) is 4.29. The number of thiazole rings is 1. The Labute approximate surface area is 88.2 Å². The molecule has 0 atom stereocenters. The van der Waals surface area contributed by atoms with Gasteiger partial charge in [-0.25, -0.2) is 4.98 Å². The average molecular weight is 216 g/mol. The molecule has 0 fully saturated rings. The highest BCUT2D eigenvalue weighted by Gasteiger charge is 2.20. The molecule has 1 heterocycles. The smallest absolute Gasteiger partial charge is 0.103 e. The van der Waals surface area contributed by atoms with Crippen molar-refractivity contribution < 1.29 is 0 Å². The predicted molar refractivity (Wildman–Crippen MR) is 61.4 cm³/mol. The zero-order chi connectivity index (χ0) is 9.90. The van der Waals surface area contributed by atoms with E-state index in [1.807, 2.05) is 18.8 Å². The van der Waals surface area contributed by atoms with E-state index in [2.05, 4.69) is 35.8 Å². The van der Waals surface area contributed by atoms with Crippen LogP contribution in [0.1, 0.15) is 24.5 Å². The second-order valence-electron chi connectivity index (χ2n) is 3.43. The first-order chi connectivity index (χ1) is 6.10. The van der Waals surface area contributed by atoms with Gasteiger partial charge in [-0.15, -0.1) is 11.3 Å². The van der Waals surface area contributed by atoms with Crippen molar-refractivity contribution in [1.82, 2.24) is 10.3 Å². The minimum atomic E-state index is -0.00679. The van der Waals surface area contributed by atoms with Gasteiger partial charge in [-0.3, -0.25) is 0 Å². The summed E-state index contributed by atoms with van der Waals surface area (Å²) in [6.07, 6.45) is 2.10.